The fourth-order valence-electron chi connectivity index (χ4n) is 1.42. The first-order valence-corrected chi connectivity index (χ1v) is 3.91. The van der Waals surface area contributed by atoms with Crippen molar-refractivity contribution in [1.29, 1.82) is 0 Å². The minimum Gasteiger partial charge on any atom is -0.314 e. The van der Waals surface area contributed by atoms with Crippen LogP contribution in [0.2, 0.25) is 0 Å². The van der Waals surface area contributed by atoms with Gasteiger partial charge in [0.1, 0.15) is 0 Å². The fourth-order valence-corrected chi connectivity index (χ4v) is 1.42. The molecule has 1 saturated heterocycles. The maximum absolute atomic E-state index is 3.89. The molecule has 0 aliphatic carbocycles. The van der Waals surface area contributed by atoms with Gasteiger partial charge in [-0.05, 0) is 19.4 Å². The molecule has 0 amide bonds. The maximum Gasteiger partial charge on any atom is 0.176 e. The van der Waals surface area contributed by atoms with E-state index < -0.39 is 0 Å². The van der Waals surface area contributed by atoms with Gasteiger partial charge in [0.15, 0.2) is 5.82 Å². The fraction of sp³-hybridized carbons (Fsp3) is 0.833. The van der Waals surface area contributed by atoms with Gasteiger partial charge in [-0.2, -0.15) is 5.21 Å². The standard InChI is InChI=1S/C6H11N5/c1-2-5(7-3-1)4-6-8-10-11-9-6/h5,7H,1-4H2,(H,8,9,10,11)/t5-/m0/s1. The van der Waals surface area contributed by atoms with Crippen LogP contribution in [0.4, 0.5) is 0 Å². The molecule has 2 heterocycles. The molecule has 60 valence electrons. The largest absolute Gasteiger partial charge is 0.314 e. The third-order valence-corrected chi connectivity index (χ3v) is 1.98. The Morgan fingerprint density at radius 2 is 2.55 bits per heavy atom. The molecule has 0 bridgehead atoms. The van der Waals surface area contributed by atoms with Crippen LogP contribution in [0.3, 0.4) is 0 Å². The van der Waals surface area contributed by atoms with Crippen molar-refractivity contribution in [2.75, 3.05) is 6.54 Å². The highest BCUT2D eigenvalue weighted by Crippen LogP contribution is 2.07. The highest BCUT2D eigenvalue weighted by atomic mass is 15.5. The number of tetrazole rings is 1. The van der Waals surface area contributed by atoms with E-state index in [0.29, 0.717) is 6.04 Å². The summed E-state index contributed by atoms with van der Waals surface area (Å²) in [4.78, 5) is 0. The minimum atomic E-state index is 0.563. The second-order valence-electron chi connectivity index (χ2n) is 2.83. The summed E-state index contributed by atoms with van der Waals surface area (Å²) in [7, 11) is 0. The lowest BCUT2D eigenvalue weighted by molar-refractivity contribution is 0.586. The molecule has 2 N–H and O–H groups in total. The lowest BCUT2D eigenvalue weighted by Crippen LogP contribution is -2.24. The van der Waals surface area contributed by atoms with Crippen LogP contribution < -0.4 is 5.32 Å². The first-order valence-electron chi connectivity index (χ1n) is 3.91. The summed E-state index contributed by atoms with van der Waals surface area (Å²) in [5, 5.41) is 17.1. The molecular formula is C6H11N5. The summed E-state index contributed by atoms with van der Waals surface area (Å²) in [6.45, 7) is 1.13. The second kappa shape index (κ2) is 2.96. The van der Waals surface area contributed by atoms with E-state index in [1.807, 2.05) is 0 Å². The number of nitrogens with zero attached hydrogens (tertiary/aromatic N) is 3. The normalized spacial score (nSPS) is 24.2. The van der Waals surface area contributed by atoms with Crippen molar-refractivity contribution >= 4 is 0 Å². The molecule has 0 unspecified atom stereocenters. The van der Waals surface area contributed by atoms with Gasteiger partial charge < -0.3 is 5.32 Å². The van der Waals surface area contributed by atoms with Gasteiger partial charge in [0.25, 0.3) is 0 Å². The van der Waals surface area contributed by atoms with Crippen molar-refractivity contribution in [3.05, 3.63) is 5.82 Å². The third kappa shape index (κ3) is 1.54. The second-order valence-corrected chi connectivity index (χ2v) is 2.83. The Hall–Kier alpha value is -0.970. The van der Waals surface area contributed by atoms with Crippen molar-refractivity contribution in [1.82, 2.24) is 25.9 Å². The van der Waals surface area contributed by atoms with Crippen LogP contribution in [-0.2, 0) is 6.42 Å². The monoisotopic (exact) mass is 153 g/mol. The lowest BCUT2D eigenvalue weighted by atomic mass is 10.1. The Balaban J connectivity index is 1.90. The molecule has 1 aliphatic heterocycles. The summed E-state index contributed by atoms with van der Waals surface area (Å²) in [6, 6.07) is 0.563. The summed E-state index contributed by atoms with van der Waals surface area (Å²) in [5.74, 6) is 0.810. The van der Waals surface area contributed by atoms with Crippen LogP contribution >= 0.6 is 0 Å². The van der Waals surface area contributed by atoms with E-state index in [1.54, 1.807) is 0 Å². The SMILES string of the molecule is C1CN[C@H](Cc2nn[nH]n2)C1. The van der Waals surface area contributed by atoms with E-state index in [0.717, 1.165) is 18.8 Å². The number of hydrogen-bond donors (Lipinski definition) is 2. The van der Waals surface area contributed by atoms with Crippen LogP contribution in [0, 0.1) is 0 Å². The molecule has 0 radical (unpaired) electrons. The molecule has 11 heavy (non-hydrogen) atoms. The van der Waals surface area contributed by atoms with Crippen LogP contribution in [0.25, 0.3) is 0 Å². The number of nitrogens with one attached hydrogen (secondary N) is 2. The van der Waals surface area contributed by atoms with Crippen molar-refractivity contribution in [3.8, 4) is 0 Å². The molecule has 2 rings (SSSR count). The molecule has 1 aromatic rings. The van der Waals surface area contributed by atoms with E-state index in [1.165, 1.54) is 12.8 Å². The zero-order valence-corrected chi connectivity index (χ0v) is 6.25. The maximum atomic E-state index is 3.89. The van der Waals surface area contributed by atoms with Crippen LogP contribution in [0.5, 0.6) is 0 Å². The number of H-pyrrole nitrogens is 1. The van der Waals surface area contributed by atoms with Gasteiger partial charge in [-0.3, -0.25) is 0 Å². The highest BCUT2D eigenvalue weighted by molar-refractivity contribution is 4.86. The molecule has 0 spiro atoms. The van der Waals surface area contributed by atoms with E-state index in [9.17, 15) is 0 Å². The topological polar surface area (TPSA) is 66.5 Å². The van der Waals surface area contributed by atoms with Crippen LogP contribution in [0.1, 0.15) is 18.7 Å². The Bertz CT molecular complexity index is 201. The van der Waals surface area contributed by atoms with Crippen molar-refractivity contribution in [2.24, 2.45) is 0 Å². The van der Waals surface area contributed by atoms with E-state index >= 15 is 0 Å². The molecular weight excluding hydrogens is 142 g/mol. The quantitative estimate of drug-likeness (QED) is 0.600. The van der Waals surface area contributed by atoms with Crippen molar-refractivity contribution < 1.29 is 0 Å². The summed E-state index contributed by atoms with van der Waals surface area (Å²) >= 11 is 0. The predicted molar refractivity (Wildman–Crippen MR) is 38.9 cm³/mol. The Morgan fingerprint density at radius 3 is 3.18 bits per heavy atom. The van der Waals surface area contributed by atoms with Crippen LogP contribution in [0.15, 0.2) is 0 Å². The lowest BCUT2D eigenvalue weighted by Gasteiger charge is -2.04. The Kier molecular flexibility index (Phi) is 1.81. The summed E-state index contributed by atoms with van der Waals surface area (Å²) < 4.78 is 0. The third-order valence-electron chi connectivity index (χ3n) is 1.98. The molecule has 0 aromatic carbocycles. The van der Waals surface area contributed by atoms with Gasteiger partial charge in [-0.1, -0.05) is 5.21 Å². The first-order chi connectivity index (χ1) is 5.45. The zero-order valence-electron chi connectivity index (χ0n) is 6.25. The summed E-state index contributed by atoms with van der Waals surface area (Å²) in [5.41, 5.74) is 0. The Labute approximate surface area is 64.6 Å². The smallest absolute Gasteiger partial charge is 0.176 e. The molecule has 1 atom stereocenters. The van der Waals surface area contributed by atoms with Crippen molar-refractivity contribution in [3.63, 3.8) is 0 Å². The van der Waals surface area contributed by atoms with Crippen molar-refractivity contribution in [2.45, 2.75) is 25.3 Å². The molecule has 1 fully saturated rings. The molecule has 0 saturated carbocycles. The van der Waals surface area contributed by atoms with Crippen LogP contribution in [-0.4, -0.2) is 33.2 Å². The summed E-state index contributed by atoms with van der Waals surface area (Å²) in [6.07, 6.45) is 3.40. The van der Waals surface area contributed by atoms with E-state index in [-0.39, 0.29) is 0 Å². The van der Waals surface area contributed by atoms with Gasteiger partial charge in [0.05, 0.1) is 0 Å². The number of hydrogen-bond acceptors (Lipinski definition) is 4. The molecule has 5 heteroatoms. The number of rotatable bonds is 2. The number of aromatic amines is 1. The van der Waals surface area contributed by atoms with E-state index in [2.05, 4.69) is 25.9 Å². The zero-order chi connectivity index (χ0) is 7.52. The van der Waals surface area contributed by atoms with E-state index in [4.69, 9.17) is 0 Å². The van der Waals surface area contributed by atoms with Gasteiger partial charge in [-0.15, -0.1) is 10.2 Å². The molecule has 5 nitrogen and oxygen atoms in total. The number of aromatic nitrogens is 4. The van der Waals surface area contributed by atoms with Gasteiger partial charge in [0.2, 0.25) is 0 Å². The highest BCUT2D eigenvalue weighted by Gasteiger charge is 2.15. The Morgan fingerprint density at radius 1 is 1.55 bits per heavy atom. The minimum absolute atomic E-state index is 0.563. The predicted octanol–water partition coefficient (Wildman–Crippen LogP) is -0.506. The first kappa shape index (κ1) is 6.72. The average Bonchev–Trinajstić information content (AvgIpc) is 2.60. The van der Waals surface area contributed by atoms with Gasteiger partial charge in [0, 0.05) is 12.5 Å². The van der Waals surface area contributed by atoms with Gasteiger partial charge in [-0.25, -0.2) is 0 Å². The molecule has 1 aliphatic rings. The average molecular weight is 153 g/mol. The molecule has 1 aromatic heterocycles. The van der Waals surface area contributed by atoms with Gasteiger partial charge >= 0.3 is 0 Å².